The van der Waals surface area contributed by atoms with E-state index in [1.54, 1.807) is 30.5 Å². The standard InChI is InChI=1S/C19H15Cl2FN2O2/c1-25-15-3-2-10(6-14(15)22)16-9-24-18(26-16)19(4-5-19)17-12(20)7-11(23)8-13(17)21/h2-3,6-9H,4-5,23H2,1H3. The summed E-state index contributed by atoms with van der Waals surface area (Å²) in [5, 5.41) is 0.977. The first-order valence-corrected chi connectivity index (χ1v) is 8.75. The third-order valence-electron chi connectivity index (χ3n) is 4.64. The molecule has 1 aliphatic rings. The molecule has 2 N–H and O–H groups in total. The first-order valence-electron chi connectivity index (χ1n) is 8.00. The number of ether oxygens (including phenoxy) is 1. The van der Waals surface area contributed by atoms with Crippen molar-refractivity contribution in [3.8, 4) is 17.1 Å². The lowest BCUT2D eigenvalue weighted by molar-refractivity contribution is 0.386. The second-order valence-corrected chi connectivity index (χ2v) is 7.14. The van der Waals surface area contributed by atoms with Gasteiger partial charge in [0.15, 0.2) is 17.3 Å². The van der Waals surface area contributed by atoms with Gasteiger partial charge in [-0.3, -0.25) is 0 Å². The number of nitrogens with two attached hydrogens (primary N) is 1. The van der Waals surface area contributed by atoms with Crippen LogP contribution in [0.25, 0.3) is 11.3 Å². The minimum Gasteiger partial charge on any atom is -0.494 e. The molecule has 4 rings (SSSR count). The summed E-state index contributed by atoms with van der Waals surface area (Å²) in [5.41, 5.74) is 7.17. The van der Waals surface area contributed by atoms with Gasteiger partial charge in [0, 0.05) is 26.9 Å². The van der Waals surface area contributed by atoms with E-state index in [0.29, 0.717) is 32.9 Å². The molecule has 4 nitrogen and oxygen atoms in total. The number of nitrogens with zero attached hydrogens (tertiary/aromatic N) is 1. The number of oxazole rings is 1. The quantitative estimate of drug-likeness (QED) is 0.598. The SMILES string of the molecule is COc1ccc(-c2cnc(C3(c4c(Cl)cc(N)cc4Cl)CC3)o2)cc1F. The Morgan fingerprint density at radius 1 is 1.19 bits per heavy atom. The molecule has 2 aromatic carbocycles. The number of halogens is 3. The summed E-state index contributed by atoms with van der Waals surface area (Å²) in [4.78, 5) is 4.41. The minimum absolute atomic E-state index is 0.174. The van der Waals surface area contributed by atoms with Gasteiger partial charge in [-0.25, -0.2) is 9.37 Å². The molecule has 0 unspecified atom stereocenters. The lowest BCUT2D eigenvalue weighted by Crippen LogP contribution is -2.11. The first-order chi connectivity index (χ1) is 12.4. The number of nitrogen functional groups attached to an aromatic ring is 1. The van der Waals surface area contributed by atoms with E-state index < -0.39 is 11.2 Å². The maximum Gasteiger partial charge on any atom is 0.205 e. The summed E-state index contributed by atoms with van der Waals surface area (Å²) in [7, 11) is 1.42. The third-order valence-corrected chi connectivity index (χ3v) is 5.24. The fourth-order valence-electron chi connectivity index (χ4n) is 3.19. The van der Waals surface area contributed by atoms with Crippen LogP contribution in [0.4, 0.5) is 10.1 Å². The molecule has 1 aliphatic carbocycles. The lowest BCUT2D eigenvalue weighted by atomic mass is 9.95. The van der Waals surface area contributed by atoms with Gasteiger partial charge in [0.05, 0.1) is 18.7 Å². The van der Waals surface area contributed by atoms with Crippen molar-refractivity contribution in [3.05, 3.63) is 63.8 Å². The van der Waals surface area contributed by atoms with E-state index in [9.17, 15) is 4.39 Å². The first kappa shape index (κ1) is 17.2. The van der Waals surface area contributed by atoms with Crippen molar-refractivity contribution < 1.29 is 13.5 Å². The fraction of sp³-hybridized carbons (Fsp3) is 0.211. The highest BCUT2D eigenvalue weighted by atomic mass is 35.5. The van der Waals surface area contributed by atoms with Gasteiger partial charge in [-0.05, 0) is 43.2 Å². The molecule has 26 heavy (non-hydrogen) atoms. The third kappa shape index (κ3) is 2.72. The predicted molar refractivity (Wildman–Crippen MR) is 99.3 cm³/mol. The Morgan fingerprint density at radius 2 is 1.88 bits per heavy atom. The van der Waals surface area contributed by atoms with Crippen LogP contribution in [-0.2, 0) is 5.41 Å². The van der Waals surface area contributed by atoms with Gasteiger partial charge in [-0.1, -0.05) is 23.2 Å². The molecule has 0 saturated heterocycles. The Kier molecular flexibility index (Phi) is 4.09. The molecular weight excluding hydrogens is 378 g/mol. The van der Waals surface area contributed by atoms with E-state index >= 15 is 0 Å². The minimum atomic E-state index is -0.467. The topological polar surface area (TPSA) is 61.3 Å². The number of anilines is 1. The number of methoxy groups -OCH3 is 1. The largest absolute Gasteiger partial charge is 0.494 e. The van der Waals surface area contributed by atoms with Crippen molar-refractivity contribution in [2.45, 2.75) is 18.3 Å². The molecule has 7 heteroatoms. The molecular formula is C19H15Cl2FN2O2. The molecule has 0 bridgehead atoms. The van der Waals surface area contributed by atoms with Crippen LogP contribution in [0.3, 0.4) is 0 Å². The normalized spacial score (nSPS) is 15.1. The van der Waals surface area contributed by atoms with Crippen LogP contribution in [-0.4, -0.2) is 12.1 Å². The van der Waals surface area contributed by atoms with Crippen LogP contribution < -0.4 is 10.5 Å². The Bertz CT molecular complexity index is 976. The molecule has 0 atom stereocenters. The molecule has 1 saturated carbocycles. The molecule has 3 aromatic rings. The predicted octanol–water partition coefficient (Wildman–Crippen LogP) is 5.46. The zero-order valence-corrected chi connectivity index (χ0v) is 15.4. The summed E-state index contributed by atoms with van der Waals surface area (Å²) in [6, 6.07) is 7.96. The average Bonchev–Trinajstić information content (AvgIpc) is 3.21. The van der Waals surface area contributed by atoms with Crippen LogP contribution in [0.1, 0.15) is 24.3 Å². The average molecular weight is 393 g/mol. The van der Waals surface area contributed by atoms with Crippen molar-refractivity contribution >= 4 is 28.9 Å². The Morgan fingerprint density at radius 3 is 2.46 bits per heavy atom. The van der Waals surface area contributed by atoms with Crippen molar-refractivity contribution in [1.82, 2.24) is 4.98 Å². The Hall–Kier alpha value is -2.24. The number of rotatable bonds is 4. The van der Waals surface area contributed by atoms with E-state index in [4.69, 9.17) is 38.1 Å². The molecule has 134 valence electrons. The molecule has 1 aromatic heterocycles. The van der Waals surface area contributed by atoms with E-state index in [1.165, 1.54) is 13.2 Å². The van der Waals surface area contributed by atoms with Gasteiger partial charge in [0.1, 0.15) is 0 Å². The molecule has 1 heterocycles. The van der Waals surface area contributed by atoms with Gasteiger partial charge in [-0.2, -0.15) is 0 Å². The van der Waals surface area contributed by atoms with Crippen LogP contribution in [0.2, 0.25) is 10.0 Å². The monoisotopic (exact) mass is 392 g/mol. The molecule has 0 radical (unpaired) electrons. The fourth-order valence-corrected chi connectivity index (χ4v) is 4.06. The van der Waals surface area contributed by atoms with Crippen molar-refractivity contribution in [2.24, 2.45) is 0 Å². The number of hydrogen-bond acceptors (Lipinski definition) is 4. The van der Waals surface area contributed by atoms with E-state index in [1.807, 2.05) is 0 Å². The molecule has 0 aliphatic heterocycles. The smallest absolute Gasteiger partial charge is 0.205 e. The highest BCUT2D eigenvalue weighted by Gasteiger charge is 2.52. The molecule has 0 amide bonds. The van der Waals surface area contributed by atoms with Crippen LogP contribution in [0, 0.1) is 5.82 Å². The zero-order valence-electron chi connectivity index (χ0n) is 13.9. The highest BCUT2D eigenvalue weighted by Crippen LogP contribution is 2.57. The van der Waals surface area contributed by atoms with Crippen molar-refractivity contribution in [2.75, 3.05) is 12.8 Å². The second kappa shape index (κ2) is 6.18. The Balaban J connectivity index is 1.74. The Labute approximate surface area is 159 Å². The summed E-state index contributed by atoms with van der Waals surface area (Å²) < 4.78 is 24.9. The van der Waals surface area contributed by atoms with Crippen LogP contribution >= 0.6 is 23.2 Å². The van der Waals surface area contributed by atoms with Crippen LogP contribution in [0.15, 0.2) is 40.9 Å². The maximum atomic E-state index is 14.0. The second-order valence-electron chi connectivity index (χ2n) is 6.32. The molecule has 0 spiro atoms. The van der Waals surface area contributed by atoms with Gasteiger partial charge < -0.3 is 14.9 Å². The number of hydrogen-bond donors (Lipinski definition) is 1. The molecule has 1 fully saturated rings. The van der Waals surface area contributed by atoms with Crippen molar-refractivity contribution in [1.29, 1.82) is 0 Å². The summed E-state index contributed by atoms with van der Waals surface area (Å²) in [6.45, 7) is 0. The zero-order chi connectivity index (χ0) is 18.5. The number of aromatic nitrogens is 1. The van der Waals surface area contributed by atoms with Gasteiger partial charge in [0.25, 0.3) is 0 Å². The van der Waals surface area contributed by atoms with E-state index in [2.05, 4.69) is 4.98 Å². The van der Waals surface area contributed by atoms with Gasteiger partial charge >= 0.3 is 0 Å². The summed E-state index contributed by atoms with van der Waals surface area (Å²) in [5.74, 6) is 0.689. The van der Waals surface area contributed by atoms with Gasteiger partial charge in [-0.15, -0.1) is 0 Å². The summed E-state index contributed by atoms with van der Waals surface area (Å²) in [6.07, 6.45) is 3.20. The highest BCUT2D eigenvalue weighted by molar-refractivity contribution is 6.36. The lowest BCUT2D eigenvalue weighted by Gasteiger charge is -2.16. The van der Waals surface area contributed by atoms with E-state index in [0.717, 1.165) is 18.4 Å². The maximum absolute atomic E-state index is 14.0. The van der Waals surface area contributed by atoms with Crippen molar-refractivity contribution in [3.63, 3.8) is 0 Å². The van der Waals surface area contributed by atoms with Gasteiger partial charge in [0.2, 0.25) is 5.89 Å². The van der Waals surface area contributed by atoms with Crippen LogP contribution in [0.5, 0.6) is 5.75 Å². The number of benzene rings is 2. The summed E-state index contributed by atoms with van der Waals surface area (Å²) >= 11 is 12.8. The van der Waals surface area contributed by atoms with E-state index in [-0.39, 0.29) is 5.75 Å².